The minimum absolute atomic E-state index is 0.310. The summed E-state index contributed by atoms with van der Waals surface area (Å²) >= 11 is 0. The highest BCUT2D eigenvalue weighted by Crippen LogP contribution is 2.38. The molecular formula is C30H40Si. The topological polar surface area (TPSA) is 0 Å². The maximum atomic E-state index is 3.82. The van der Waals surface area contributed by atoms with Crippen molar-refractivity contribution in [1.82, 2.24) is 0 Å². The van der Waals surface area contributed by atoms with E-state index in [1.165, 1.54) is 48.8 Å². The van der Waals surface area contributed by atoms with Crippen molar-refractivity contribution in [2.75, 3.05) is 0 Å². The van der Waals surface area contributed by atoms with Crippen molar-refractivity contribution in [3.05, 3.63) is 82.9 Å². The molecule has 1 heteroatoms. The van der Waals surface area contributed by atoms with Crippen LogP contribution in [-0.4, -0.2) is 8.07 Å². The highest BCUT2D eigenvalue weighted by atomic mass is 28.3. The van der Waals surface area contributed by atoms with Crippen LogP contribution in [0.2, 0.25) is 18.1 Å². The average Bonchev–Trinajstić information content (AvgIpc) is 2.77. The molecule has 1 saturated carbocycles. The van der Waals surface area contributed by atoms with E-state index in [9.17, 15) is 0 Å². The lowest BCUT2D eigenvalue weighted by Crippen LogP contribution is -2.35. The van der Waals surface area contributed by atoms with E-state index in [0.29, 0.717) is 11.0 Å². The number of benzene rings is 2. The molecule has 0 bridgehead atoms. The number of hydrogen-bond donors (Lipinski definition) is 0. The van der Waals surface area contributed by atoms with Crippen LogP contribution < -0.4 is 0 Å². The lowest BCUT2D eigenvalue weighted by atomic mass is 9.79. The molecular weight excluding hydrogens is 388 g/mol. The van der Waals surface area contributed by atoms with Crippen LogP contribution >= 0.6 is 0 Å². The first kappa shape index (κ1) is 23.6. The van der Waals surface area contributed by atoms with Gasteiger partial charge in [0, 0.05) is 5.57 Å². The zero-order valence-electron chi connectivity index (χ0n) is 20.3. The Labute approximate surface area is 192 Å². The fraction of sp³-hybridized carbons (Fsp3) is 0.467. The molecule has 3 rings (SSSR count). The predicted molar refractivity (Wildman–Crippen MR) is 139 cm³/mol. The Morgan fingerprint density at radius 3 is 2.06 bits per heavy atom. The molecule has 0 aromatic heterocycles. The standard InChI is InChI=1S/C30H40Si/c1-30(2,3)31(4,5)24-23-27(18-12-15-25-13-8-6-9-14-25)29-21-19-28(20-22-29)26-16-10-7-11-17-26/h6-11,13-14,16-17,28H,12,15,18-22H2,1-5H3. The van der Waals surface area contributed by atoms with Crippen molar-refractivity contribution in [3.8, 4) is 11.5 Å². The number of rotatable bonds is 5. The quantitative estimate of drug-likeness (QED) is 0.330. The molecule has 164 valence electrons. The summed E-state index contributed by atoms with van der Waals surface area (Å²) in [6, 6.07) is 22.0. The number of aryl methyl sites for hydroxylation is 1. The van der Waals surface area contributed by atoms with Crippen molar-refractivity contribution in [3.63, 3.8) is 0 Å². The van der Waals surface area contributed by atoms with Crippen molar-refractivity contribution in [2.45, 2.75) is 89.8 Å². The molecule has 0 unspecified atom stereocenters. The smallest absolute Gasteiger partial charge is 0.126 e. The summed E-state index contributed by atoms with van der Waals surface area (Å²) in [6.07, 6.45) is 8.43. The monoisotopic (exact) mass is 428 g/mol. The first-order chi connectivity index (χ1) is 14.8. The van der Waals surface area contributed by atoms with E-state index in [0.717, 1.165) is 12.8 Å². The maximum absolute atomic E-state index is 3.82. The number of allylic oxidation sites excluding steroid dienone is 2. The summed E-state index contributed by atoms with van der Waals surface area (Å²) in [5, 5.41) is 0.310. The fourth-order valence-corrected chi connectivity index (χ4v) is 5.03. The Bertz CT molecular complexity index is 907. The minimum Gasteiger partial charge on any atom is -0.126 e. The van der Waals surface area contributed by atoms with Crippen molar-refractivity contribution in [2.24, 2.45) is 0 Å². The van der Waals surface area contributed by atoms with Gasteiger partial charge in [-0.05, 0) is 67.0 Å². The number of hydrogen-bond acceptors (Lipinski definition) is 0. The Morgan fingerprint density at radius 2 is 1.48 bits per heavy atom. The molecule has 0 amide bonds. The van der Waals surface area contributed by atoms with E-state index < -0.39 is 8.07 Å². The van der Waals surface area contributed by atoms with Gasteiger partial charge in [-0.1, -0.05) is 106 Å². The fourth-order valence-electron chi connectivity index (χ4n) is 4.19. The Balaban J connectivity index is 1.75. The maximum Gasteiger partial charge on any atom is 0.138 e. The zero-order valence-corrected chi connectivity index (χ0v) is 21.3. The van der Waals surface area contributed by atoms with Gasteiger partial charge in [0.1, 0.15) is 8.07 Å². The van der Waals surface area contributed by atoms with Gasteiger partial charge in [0.15, 0.2) is 0 Å². The summed E-state index contributed by atoms with van der Waals surface area (Å²) in [7, 11) is -1.60. The van der Waals surface area contributed by atoms with E-state index in [1.807, 2.05) is 0 Å². The molecule has 0 aliphatic heterocycles. The molecule has 1 aliphatic rings. The van der Waals surface area contributed by atoms with Gasteiger partial charge in [0.2, 0.25) is 0 Å². The lowest BCUT2D eigenvalue weighted by Gasteiger charge is -2.31. The third kappa shape index (κ3) is 6.72. The first-order valence-corrected chi connectivity index (χ1v) is 15.1. The molecule has 0 N–H and O–H groups in total. The second-order valence-corrected chi connectivity index (χ2v) is 15.7. The van der Waals surface area contributed by atoms with Gasteiger partial charge in [0.05, 0.1) is 0 Å². The van der Waals surface area contributed by atoms with Gasteiger partial charge in [0.25, 0.3) is 0 Å². The highest BCUT2D eigenvalue weighted by molar-refractivity contribution is 6.87. The van der Waals surface area contributed by atoms with Crippen LogP contribution in [0.15, 0.2) is 71.8 Å². The van der Waals surface area contributed by atoms with Gasteiger partial charge in [-0.3, -0.25) is 0 Å². The Morgan fingerprint density at radius 1 is 0.903 bits per heavy atom. The van der Waals surface area contributed by atoms with Crippen LogP contribution in [0.3, 0.4) is 0 Å². The van der Waals surface area contributed by atoms with Crippen molar-refractivity contribution < 1.29 is 0 Å². The summed E-state index contributed by atoms with van der Waals surface area (Å²) in [4.78, 5) is 0. The van der Waals surface area contributed by atoms with Gasteiger partial charge in [-0.15, -0.1) is 5.54 Å². The molecule has 0 saturated heterocycles. The van der Waals surface area contributed by atoms with Crippen LogP contribution in [0.25, 0.3) is 0 Å². The van der Waals surface area contributed by atoms with E-state index >= 15 is 0 Å². The third-order valence-electron chi connectivity index (χ3n) is 7.42. The molecule has 1 aliphatic carbocycles. The Kier molecular flexibility index (Phi) is 8.01. The van der Waals surface area contributed by atoms with Crippen LogP contribution in [0, 0.1) is 11.5 Å². The van der Waals surface area contributed by atoms with Gasteiger partial charge in [-0.2, -0.15) is 0 Å². The van der Waals surface area contributed by atoms with E-state index in [2.05, 4.69) is 106 Å². The average molecular weight is 429 g/mol. The molecule has 1 fully saturated rings. The molecule has 0 radical (unpaired) electrons. The molecule has 0 spiro atoms. The zero-order chi connectivity index (χ0) is 22.3. The lowest BCUT2D eigenvalue weighted by molar-refractivity contribution is 0.512. The van der Waals surface area contributed by atoms with Crippen LogP contribution in [-0.2, 0) is 6.42 Å². The van der Waals surface area contributed by atoms with Crippen LogP contribution in [0.5, 0.6) is 0 Å². The predicted octanol–water partition coefficient (Wildman–Crippen LogP) is 8.71. The largest absolute Gasteiger partial charge is 0.138 e. The molecule has 2 aromatic carbocycles. The second kappa shape index (κ2) is 10.5. The van der Waals surface area contributed by atoms with Gasteiger partial charge in [-0.25, -0.2) is 0 Å². The summed E-state index contributed by atoms with van der Waals surface area (Å²) in [5.74, 6) is 4.48. The molecule has 0 atom stereocenters. The van der Waals surface area contributed by atoms with Crippen molar-refractivity contribution >= 4 is 8.07 Å². The van der Waals surface area contributed by atoms with E-state index in [4.69, 9.17) is 0 Å². The third-order valence-corrected chi connectivity index (χ3v) is 11.9. The van der Waals surface area contributed by atoms with E-state index in [-0.39, 0.29) is 0 Å². The van der Waals surface area contributed by atoms with Crippen LogP contribution in [0.1, 0.15) is 76.3 Å². The summed E-state index contributed by atoms with van der Waals surface area (Å²) in [5.41, 5.74) is 9.88. The summed E-state index contributed by atoms with van der Waals surface area (Å²) in [6.45, 7) is 11.9. The molecule has 31 heavy (non-hydrogen) atoms. The Hall–Kier alpha value is -2.04. The summed E-state index contributed by atoms with van der Waals surface area (Å²) < 4.78 is 0. The molecule has 0 heterocycles. The minimum atomic E-state index is -1.60. The van der Waals surface area contributed by atoms with Crippen molar-refractivity contribution in [1.29, 1.82) is 0 Å². The first-order valence-electron chi connectivity index (χ1n) is 12.1. The van der Waals surface area contributed by atoms with Gasteiger partial charge >= 0.3 is 0 Å². The van der Waals surface area contributed by atoms with Gasteiger partial charge < -0.3 is 0 Å². The molecule has 0 nitrogen and oxygen atoms in total. The van der Waals surface area contributed by atoms with E-state index in [1.54, 1.807) is 5.57 Å². The second-order valence-electron chi connectivity index (χ2n) is 10.7. The normalized spacial score (nSPS) is 17.1. The van der Waals surface area contributed by atoms with Crippen LogP contribution in [0.4, 0.5) is 0 Å². The molecule has 2 aromatic rings. The SMILES string of the molecule is CC(C)(C)[Si](C)(C)C#CC(CCCc1ccccc1)=C1CCC(c2ccccc2)CC1. The highest BCUT2D eigenvalue weighted by Gasteiger charge is 2.33.